The molecule has 2 fully saturated rings. The van der Waals surface area contributed by atoms with Gasteiger partial charge < -0.3 is 15.5 Å². The number of piperazine rings is 1. The van der Waals surface area contributed by atoms with Crippen LogP contribution in [-0.2, 0) is 16.1 Å². The summed E-state index contributed by atoms with van der Waals surface area (Å²) in [4.78, 5) is 26.6. The Kier molecular flexibility index (Phi) is 5.42. The fourth-order valence-corrected chi connectivity index (χ4v) is 3.77. The van der Waals surface area contributed by atoms with Crippen LogP contribution in [0.1, 0.15) is 57.1 Å². The molecule has 1 aromatic carbocycles. The number of amides is 2. The molecule has 2 aliphatic heterocycles. The first-order valence-corrected chi connectivity index (χ1v) is 9.42. The summed E-state index contributed by atoms with van der Waals surface area (Å²) < 4.78 is 0. The SMILES string of the molecule is CCC[C@@H]1NC(=O)[C@@H]2C[C@H](NCc3ccc(C(C)C)cc3)CN2C1=O. The minimum atomic E-state index is -0.337. The highest BCUT2D eigenvalue weighted by Crippen LogP contribution is 2.24. The lowest BCUT2D eigenvalue weighted by atomic mass is 10.0. The molecule has 0 unspecified atom stereocenters. The molecule has 5 heteroatoms. The molecular formula is C20H29N3O2. The maximum Gasteiger partial charge on any atom is 0.245 e. The zero-order chi connectivity index (χ0) is 18.0. The molecule has 0 aliphatic carbocycles. The normalized spacial score (nSPS) is 26.1. The average Bonchev–Trinajstić information content (AvgIpc) is 3.03. The number of carbonyl (C=O) groups excluding carboxylic acids is 2. The van der Waals surface area contributed by atoms with Crippen molar-refractivity contribution in [1.29, 1.82) is 0 Å². The van der Waals surface area contributed by atoms with Gasteiger partial charge in [-0.2, -0.15) is 0 Å². The van der Waals surface area contributed by atoms with Gasteiger partial charge in [-0.25, -0.2) is 0 Å². The van der Waals surface area contributed by atoms with E-state index in [2.05, 4.69) is 48.7 Å². The third kappa shape index (κ3) is 3.87. The van der Waals surface area contributed by atoms with Crippen molar-refractivity contribution < 1.29 is 9.59 Å². The second kappa shape index (κ2) is 7.56. The predicted octanol–water partition coefficient (Wildman–Crippen LogP) is 2.17. The minimum absolute atomic E-state index is 0.00337. The smallest absolute Gasteiger partial charge is 0.245 e. The number of hydrogen-bond donors (Lipinski definition) is 2. The number of fused-ring (bicyclic) bond motifs is 1. The van der Waals surface area contributed by atoms with Gasteiger partial charge in [-0.3, -0.25) is 9.59 Å². The first kappa shape index (κ1) is 17.9. The number of nitrogens with zero attached hydrogens (tertiary/aromatic N) is 1. The van der Waals surface area contributed by atoms with Gasteiger partial charge in [0.15, 0.2) is 0 Å². The summed E-state index contributed by atoms with van der Waals surface area (Å²) in [7, 11) is 0. The van der Waals surface area contributed by atoms with Crippen LogP contribution < -0.4 is 10.6 Å². The Bertz CT molecular complexity index is 626. The van der Waals surface area contributed by atoms with E-state index in [1.165, 1.54) is 11.1 Å². The second-order valence-electron chi connectivity index (χ2n) is 7.57. The van der Waals surface area contributed by atoms with Crippen LogP contribution in [-0.4, -0.2) is 41.4 Å². The number of hydrogen-bond acceptors (Lipinski definition) is 3. The predicted molar refractivity (Wildman–Crippen MR) is 98.1 cm³/mol. The maximum atomic E-state index is 12.5. The van der Waals surface area contributed by atoms with Crippen molar-refractivity contribution in [1.82, 2.24) is 15.5 Å². The molecule has 5 nitrogen and oxygen atoms in total. The summed E-state index contributed by atoms with van der Waals surface area (Å²) in [6, 6.07) is 8.18. The number of nitrogens with one attached hydrogen (secondary N) is 2. The van der Waals surface area contributed by atoms with E-state index in [-0.39, 0.29) is 29.9 Å². The van der Waals surface area contributed by atoms with E-state index < -0.39 is 0 Å². The molecule has 25 heavy (non-hydrogen) atoms. The highest BCUT2D eigenvalue weighted by molar-refractivity contribution is 5.97. The lowest BCUT2D eigenvalue weighted by Crippen LogP contribution is -2.61. The van der Waals surface area contributed by atoms with Gasteiger partial charge in [-0.15, -0.1) is 0 Å². The molecule has 2 heterocycles. The Balaban J connectivity index is 1.57. The first-order chi connectivity index (χ1) is 12.0. The van der Waals surface area contributed by atoms with Crippen LogP contribution >= 0.6 is 0 Å². The molecule has 0 bridgehead atoms. The summed E-state index contributed by atoms with van der Waals surface area (Å²) in [5.41, 5.74) is 2.57. The zero-order valence-corrected chi connectivity index (χ0v) is 15.4. The number of carbonyl (C=O) groups is 2. The molecule has 2 aliphatic rings. The molecular weight excluding hydrogens is 314 g/mol. The van der Waals surface area contributed by atoms with Crippen LogP contribution in [0.15, 0.2) is 24.3 Å². The third-order valence-corrected chi connectivity index (χ3v) is 5.32. The van der Waals surface area contributed by atoms with Crippen molar-refractivity contribution in [3.8, 4) is 0 Å². The molecule has 3 atom stereocenters. The van der Waals surface area contributed by atoms with Crippen molar-refractivity contribution in [3.05, 3.63) is 35.4 Å². The Morgan fingerprint density at radius 1 is 1.24 bits per heavy atom. The van der Waals surface area contributed by atoms with E-state index in [0.29, 0.717) is 25.3 Å². The van der Waals surface area contributed by atoms with E-state index in [9.17, 15) is 9.59 Å². The summed E-state index contributed by atoms with van der Waals surface area (Å²) in [5, 5.41) is 6.41. The van der Waals surface area contributed by atoms with Crippen LogP contribution in [0, 0.1) is 0 Å². The molecule has 2 N–H and O–H groups in total. The molecule has 136 valence electrons. The van der Waals surface area contributed by atoms with Crippen LogP contribution in [0.25, 0.3) is 0 Å². The van der Waals surface area contributed by atoms with Crippen molar-refractivity contribution in [2.75, 3.05) is 6.54 Å². The Morgan fingerprint density at radius 2 is 1.96 bits per heavy atom. The highest BCUT2D eigenvalue weighted by Gasteiger charge is 2.45. The number of rotatable bonds is 6. The fraction of sp³-hybridized carbons (Fsp3) is 0.600. The van der Waals surface area contributed by atoms with Gasteiger partial charge in [0.05, 0.1) is 0 Å². The Morgan fingerprint density at radius 3 is 2.60 bits per heavy atom. The average molecular weight is 343 g/mol. The molecule has 0 aromatic heterocycles. The quantitative estimate of drug-likeness (QED) is 0.832. The standard InChI is InChI=1S/C20H29N3O2/c1-4-5-17-20(25)23-12-16(10-18(23)19(24)22-17)21-11-14-6-8-15(9-7-14)13(2)3/h6-9,13,16-18,21H,4-5,10-12H2,1-3H3,(H,22,24)/t16-,17-,18-/m0/s1. The molecule has 0 saturated carbocycles. The van der Waals surface area contributed by atoms with Crippen molar-refractivity contribution in [3.63, 3.8) is 0 Å². The first-order valence-electron chi connectivity index (χ1n) is 9.42. The molecule has 0 spiro atoms. The lowest BCUT2D eigenvalue weighted by molar-refractivity contribution is -0.147. The zero-order valence-electron chi connectivity index (χ0n) is 15.4. The lowest BCUT2D eigenvalue weighted by Gasteiger charge is -2.34. The largest absolute Gasteiger partial charge is 0.343 e. The van der Waals surface area contributed by atoms with Gasteiger partial charge in [0.1, 0.15) is 12.1 Å². The summed E-state index contributed by atoms with van der Waals surface area (Å²) in [6.07, 6.45) is 2.30. The van der Waals surface area contributed by atoms with Crippen molar-refractivity contribution in [2.24, 2.45) is 0 Å². The topological polar surface area (TPSA) is 61.4 Å². The van der Waals surface area contributed by atoms with Gasteiger partial charge in [-0.05, 0) is 29.9 Å². The van der Waals surface area contributed by atoms with Crippen molar-refractivity contribution >= 4 is 11.8 Å². The molecule has 2 saturated heterocycles. The fourth-order valence-electron chi connectivity index (χ4n) is 3.77. The Hall–Kier alpha value is -1.88. The van der Waals surface area contributed by atoms with E-state index >= 15 is 0 Å². The van der Waals surface area contributed by atoms with Crippen LogP contribution in [0.4, 0.5) is 0 Å². The Labute approximate surface area is 150 Å². The van der Waals surface area contributed by atoms with E-state index in [1.54, 1.807) is 4.90 Å². The molecule has 0 radical (unpaired) electrons. The van der Waals surface area contributed by atoms with E-state index in [0.717, 1.165) is 13.0 Å². The summed E-state index contributed by atoms with van der Waals surface area (Å²) >= 11 is 0. The van der Waals surface area contributed by atoms with Crippen LogP contribution in [0.3, 0.4) is 0 Å². The number of benzene rings is 1. The van der Waals surface area contributed by atoms with E-state index in [1.807, 2.05) is 6.92 Å². The third-order valence-electron chi connectivity index (χ3n) is 5.32. The highest BCUT2D eigenvalue weighted by atomic mass is 16.2. The van der Waals surface area contributed by atoms with E-state index in [4.69, 9.17) is 0 Å². The minimum Gasteiger partial charge on any atom is -0.343 e. The molecule has 3 rings (SSSR count). The maximum absolute atomic E-state index is 12.5. The van der Waals surface area contributed by atoms with Gasteiger partial charge in [0, 0.05) is 19.1 Å². The van der Waals surface area contributed by atoms with Crippen molar-refractivity contribution in [2.45, 2.75) is 70.6 Å². The second-order valence-corrected chi connectivity index (χ2v) is 7.57. The van der Waals surface area contributed by atoms with Gasteiger partial charge in [-0.1, -0.05) is 51.5 Å². The van der Waals surface area contributed by atoms with Gasteiger partial charge in [0.25, 0.3) is 0 Å². The van der Waals surface area contributed by atoms with Crippen LogP contribution in [0.2, 0.25) is 0 Å². The van der Waals surface area contributed by atoms with Gasteiger partial charge in [0.2, 0.25) is 11.8 Å². The molecule has 2 amide bonds. The summed E-state index contributed by atoms with van der Waals surface area (Å²) in [6.45, 7) is 7.80. The monoisotopic (exact) mass is 343 g/mol. The van der Waals surface area contributed by atoms with Crippen LogP contribution in [0.5, 0.6) is 0 Å². The summed E-state index contributed by atoms with van der Waals surface area (Å²) in [5.74, 6) is 0.619. The molecule has 1 aromatic rings. The van der Waals surface area contributed by atoms with Gasteiger partial charge >= 0.3 is 0 Å².